The van der Waals surface area contributed by atoms with Gasteiger partial charge in [-0.15, -0.1) is 0 Å². The van der Waals surface area contributed by atoms with Gasteiger partial charge in [-0.25, -0.2) is 0 Å². The maximum absolute atomic E-state index is 12.6. The van der Waals surface area contributed by atoms with E-state index in [1.165, 1.54) is 6.42 Å². The lowest BCUT2D eigenvalue weighted by atomic mass is 9.80. The van der Waals surface area contributed by atoms with Crippen LogP contribution in [-0.4, -0.2) is 41.9 Å². The van der Waals surface area contributed by atoms with Crippen LogP contribution in [-0.2, 0) is 4.79 Å². The first-order valence-electron chi connectivity index (χ1n) is 9.85. The van der Waals surface area contributed by atoms with Gasteiger partial charge in [-0.2, -0.15) is 0 Å². The summed E-state index contributed by atoms with van der Waals surface area (Å²) < 4.78 is 0. The second-order valence-corrected chi connectivity index (χ2v) is 8.01. The predicted molar refractivity (Wildman–Crippen MR) is 103 cm³/mol. The lowest BCUT2D eigenvalue weighted by Crippen LogP contribution is -2.52. The van der Waals surface area contributed by atoms with Gasteiger partial charge in [-0.05, 0) is 69.9 Å². The van der Waals surface area contributed by atoms with Gasteiger partial charge in [0.15, 0.2) is 0 Å². The number of carbonyl (C=O) groups excluding carboxylic acids is 2. The van der Waals surface area contributed by atoms with E-state index in [4.69, 9.17) is 5.73 Å². The summed E-state index contributed by atoms with van der Waals surface area (Å²) in [5.41, 5.74) is 8.08. The second-order valence-electron chi connectivity index (χ2n) is 8.01. The number of hydrogen-bond donors (Lipinski definition) is 2. The Bertz CT molecular complexity index is 648. The smallest absolute Gasteiger partial charge is 0.251 e. The summed E-state index contributed by atoms with van der Waals surface area (Å²) in [7, 11) is 1.89. The van der Waals surface area contributed by atoms with E-state index in [9.17, 15) is 9.59 Å². The molecular weight excluding hydrogens is 326 g/mol. The Hall–Kier alpha value is -1.88. The highest BCUT2D eigenvalue weighted by molar-refractivity contribution is 5.94. The molecule has 2 aliphatic rings. The van der Waals surface area contributed by atoms with Crippen LogP contribution in [0.1, 0.15) is 60.9 Å². The molecule has 3 N–H and O–H groups in total. The number of nitrogens with one attached hydrogen (secondary N) is 1. The van der Waals surface area contributed by atoms with Crippen LogP contribution in [0.15, 0.2) is 24.3 Å². The van der Waals surface area contributed by atoms with Gasteiger partial charge < -0.3 is 16.0 Å². The zero-order valence-electron chi connectivity index (χ0n) is 15.9. The van der Waals surface area contributed by atoms with Crippen molar-refractivity contribution in [3.05, 3.63) is 35.4 Å². The number of nitrogens with zero attached hydrogens (tertiary/aromatic N) is 1. The van der Waals surface area contributed by atoms with Gasteiger partial charge in [-0.1, -0.05) is 17.7 Å². The van der Waals surface area contributed by atoms with Crippen molar-refractivity contribution in [1.82, 2.24) is 10.2 Å². The van der Waals surface area contributed by atoms with E-state index in [2.05, 4.69) is 5.32 Å². The largest absolute Gasteiger partial charge is 0.349 e. The minimum atomic E-state index is -0.408. The minimum Gasteiger partial charge on any atom is -0.349 e. The number of rotatable bonds is 5. The van der Waals surface area contributed by atoms with Crippen LogP contribution in [0.4, 0.5) is 0 Å². The molecule has 2 saturated carbocycles. The van der Waals surface area contributed by atoms with Crippen molar-refractivity contribution in [1.29, 1.82) is 0 Å². The normalized spacial score (nSPS) is 24.4. The first-order valence-corrected chi connectivity index (χ1v) is 9.85. The van der Waals surface area contributed by atoms with Crippen LogP contribution in [0, 0.1) is 12.8 Å². The SMILES string of the molecule is Cc1cccc(C(=O)NC2CCC([C@H](N)C(=O)N(C)C3CCC3)CC2)c1. The maximum Gasteiger partial charge on any atom is 0.251 e. The highest BCUT2D eigenvalue weighted by Crippen LogP contribution is 2.29. The zero-order valence-corrected chi connectivity index (χ0v) is 15.9. The van der Waals surface area contributed by atoms with Gasteiger partial charge in [-0.3, -0.25) is 9.59 Å². The van der Waals surface area contributed by atoms with Crippen molar-refractivity contribution in [2.24, 2.45) is 11.7 Å². The third kappa shape index (κ3) is 4.26. The summed E-state index contributed by atoms with van der Waals surface area (Å²) in [6, 6.07) is 7.80. The number of aryl methyl sites for hydroxylation is 1. The van der Waals surface area contributed by atoms with Gasteiger partial charge in [0.25, 0.3) is 5.91 Å². The van der Waals surface area contributed by atoms with Gasteiger partial charge in [0.05, 0.1) is 6.04 Å². The summed E-state index contributed by atoms with van der Waals surface area (Å²) in [5, 5.41) is 3.14. The van der Waals surface area contributed by atoms with Crippen molar-refractivity contribution in [2.45, 2.75) is 70.0 Å². The Kier molecular flexibility index (Phi) is 5.97. The number of nitrogens with two attached hydrogens (primary N) is 1. The Morgan fingerprint density at radius 1 is 1.15 bits per heavy atom. The van der Waals surface area contributed by atoms with Crippen LogP contribution in [0.2, 0.25) is 0 Å². The molecule has 0 aliphatic heterocycles. The Morgan fingerprint density at radius 2 is 1.85 bits per heavy atom. The molecular formula is C21H31N3O2. The van der Waals surface area contributed by atoms with Crippen molar-refractivity contribution in [3.8, 4) is 0 Å². The molecule has 1 atom stereocenters. The average molecular weight is 357 g/mol. The molecule has 5 heteroatoms. The van der Waals surface area contributed by atoms with E-state index in [-0.39, 0.29) is 23.8 Å². The van der Waals surface area contributed by atoms with Crippen LogP contribution in [0.5, 0.6) is 0 Å². The van der Waals surface area contributed by atoms with Gasteiger partial charge in [0.1, 0.15) is 0 Å². The molecule has 0 saturated heterocycles. The first-order chi connectivity index (χ1) is 12.5. The summed E-state index contributed by atoms with van der Waals surface area (Å²) in [4.78, 5) is 26.8. The van der Waals surface area contributed by atoms with Crippen LogP contribution >= 0.6 is 0 Å². The molecule has 5 nitrogen and oxygen atoms in total. The predicted octanol–water partition coefficient (Wildman–Crippen LogP) is 2.62. The standard InChI is InChI=1S/C21H31N3O2/c1-14-5-3-6-16(13-14)20(25)23-17-11-9-15(10-12-17)19(22)21(26)24(2)18-7-4-8-18/h3,5-6,13,15,17-19H,4,7-12,22H2,1-2H3,(H,23,25)/t15?,17?,19-/m0/s1. The van der Waals surface area contributed by atoms with E-state index < -0.39 is 6.04 Å². The molecule has 2 aliphatic carbocycles. The minimum absolute atomic E-state index is 0.0118. The topological polar surface area (TPSA) is 75.4 Å². The Labute approximate surface area is 156 Å². The van der Waals surface area contributed by atoms with Gasteiger partial charge in [0.2, 0.25) is 5.91 Å². The molecule has 0 aromatic heterocycles. The molecule has 26 heavy (non-hydrogen) atoms. The molecule has 2 fully saturated rings. The van der Waals surface area contributed by atoms with Gasteiger partial charge >= 0.3 is 0 Å². The highest BCUT2D eigenvalue weighted by atomic mass is 16.2. The highest BCUT2D eigenvalue weighted by Gasteiger charge is 2.34. The van der Waals surface area contributed by atoms with E-state index >= 15 is 0 Å². The van der Waals surface area contributed by atoms with E-state index in [0.717, 1.165) is 44.1 Å². The molecule has 1 aromatic carbocycles. The number of hydrogen-bond acceptors (Lipinski definition) is 3. The van der Waals surface area contributed by atoms with Crippen molar-refractivity contribution >= 4 is 11.8 Å². The van der Waals surface area contributed by atoms with E-state index in [0.29, 0.717) is 11.6 Å². The van der Waals surface area contributed by atoms with E-state index in [1.807, 2.05) is 43.1 Å². The lowest BCUT2D eigenvalue weighted by molar-refractivity contribution is -0.136. The summed E-state index contributed by atoms with van der Waals surface area (Å²) in [6.07, 6.45) is 6.98. The summed E-state index contributed by atoms with van der Waals surface area (Å²) in [5.74, 6) is 0.293. The van der Waals surface area contributed by atoms with Crippen molar-refractivity contribution < 1.29 is 9.59 Å². The van der Waals surface area contributed by atoms with Crippen LogP contribution in [0.25, 0.3) is 0 Å². The third-order valence-corrected chi connectivity index (χ3v) is 6.15. The second kappa shape index (κ2) is 8.21. The Morgan fingerprint density at radius 3 is 2.42 bits per heavy atom. The molecule has 2 amide bonds. The number of likely N-dealkylation sites (N-methyl/N-ethyl adjacent to an activating group) is 1. The van der Waals surface area contributed by atoms with Crippen molar-refractivity contribution in [2.75, 3.05) is 7.05 Å². The lowest BCUT2D eigenvalue weighted by Gasteiger charge is -2.38. The molecule has 0 bridgehead atoms. The maximum atomic E-state index is 12.6. The molecule has 0 radical (unpaired) electrons. The molecule has 0 heterocycles. The number of carbonyl (C=O) groups is 2. The summed E-state index contributed by atoms with van der Waals surface area (Å²) in [6.45, 7) is 1.99. The zero-order chi connectivity index (χ0) is 18.7. The van der Waals surface area contributed by atoms with Gasteiger partial charge in [0, 0.05) is 24.7 Å². The number of benzene rings is 1. The Balaban J connectivity index is 1.47. The third-order valence-electron chi connectivity index (χ3n) is 6.15. The molecule has 1 aromatic rings. The fraction of sp³-hybridized carbons (Fsp3) is 0.619. The fourth-order valence-corrected chi connectivity index (χ4v) is 4.07. The number of amides is 2. The molecule has 142 valence electrons. The van der Waals surface area contributed by atoms with Crippen LogP contribution < -0.4 is 11.1 Å². The molecule has 0 unspecified atom stereocenters. The quantitative estimate of drug-likeness (QED) is 0.850. The van der Waals surface area contributed by atoms with Crippen molar-refractivity contribution in [3.63, 3.8) is 0 Å². The molecule has 3 rings (SSSR count). The van der Waals surface area contributed by atoms with Crippen LogP contribution in [0.3, 0.4) is 0 Å². The summed E-state index contributed by atoms with van der Waals surface area (Å²) >= 11 is 0. The van der Waals surface area contributed by atoms with E-state index in [1.54, 1.807) is 0 Å². The molecule has 0 spiro atoms. The average Bonchev–Trinajstić information content (AvgIpc) is 2.59. The fourth-order valence-electron chi connectivity index (χ4n) is 4.07. The first kappa shape index (κ1) is 18.9. The monoisotopic (exact) mass is 357 g/mol.